The molecule has 0 radical (unpaired) electrons. The van der Waals surface area contributed by atoms with Crippen LogP contribution in [-0.4, -0.2) is 43.3 Å². The highest BCUT2D eigenvalue weighted by atomic mass is 79.9. The predicted octanol–water partition coefficient (Wildman–Crippen LogP) is 2.52. The lowest BCUT2D eigenvalue weighted by atomic mass is 10.0. The van der Waals surface area contributed by atoms with Crippen molar-refractivity contribution >= 4 is 15.9 Å². The molecule has 106 valence electrons. The fraction of sp³-hybridized carbons (Fsp3) is 0.571. The number of benzene rings is 1. The van der Waals surface area contributed by atoms with Gasteiger partial charge in [0, 0.05) is 37.8 Å². The van der Waals surface area contributed by atoms with Gasteiger partial charge in [0.25, 0.3) is 0 Å². The van der Waals surface area contributed by atoms with Gasteiger partial charge in [-0.1, -0.05) is 6.92 Å². The normalized spacial score (nSPS) is 18.3. The highest BCUT2D eigenvalue weighted by molar-refractivity contribution is 9.10. The maximum atomic E-state index is 10.3. The summed E-state index contributed by atoms with van der Waals surface area (Å²) >= 11 is 3.40. The zero-order valence-corrected chi connectivity index (χ0v) is 13.0. The summed E-state index contributed by atoms with van der Waals surface area (Å²) in [5.74, 6) is 1.10. The number of hydrogen-bond donors (Lipinski definition) is 2. The van der Waals surface area contributed by atoms with Crippen molar-refractivity contribution in [3.05, 3.63) is 22.2 Å². The molecule has 0 unspecified atom stereocenters. The van der Waals surface area contributed by atoms with E-state index >= 15 is 0 Å². The second-order valence-electron chi connectivity index (χ2n) is 4.76. The van der Waals surface area contributed by atoms with Crippen LogP contribution < -0.4 is 10.1 Å². The van der Waals surface area contributed by atoms with E-state index in [0.29, 0.717) is 10.2 Å². The number of methoxy groups -OCH3 is 1. The third-order valence-electron chi connectivity index (χ3n) is 3.64. The molecule has 0 amide bonds. The minimum absolute atomic E-state index is 0.230. The first-order valence-corrected chi connectivity index (χ1v) is 7.47. The molecule has 1 aromatic carbocycles. The fourth-order valence-electron chi connectivity index (χ4n) is 2.63. The van der Waals surface area contributed by atoms with Gasteiger partial charge in [-0.05, 0) is 34.5 Å². The maximum absolute atomic E-state index is 10.3. The molecule has 0 aromatic heterocycles. The zero-order valence-electron chi connectivity index (χ0n) is 11.4. The monoisotopic (exact) mass is 328 g/mol. The third-order valence-corrected chi connectivity index (χ3v) is 4.24. The summed E-state index contributed by atoms with van der Waals surface area (Å²) in [7, 11) is 1.65. The van der Waals surface area contributed by atoms with Crippen molar-refractivity contribution < 1.29 is 9.84 Å². The van der Waals surface area contributed by atoms with Gasteiger partial charge in [0.2, 0.25) is 0 Å². The first-order valence-electron chi connectivity index (χ1n) is 6.68. The van der Waals surface area contributed by atoms with E-state index in [4.69, 9.17) is 4.74 Å². The molecule has 2 rings (SSSR count). The number of halogens is 1. The Morgan fingerprint density at radius 1 is 1.42 bits per heavy atom. The van der Waals surface area contributed by atoms with Crippen molar-refractivity contribution in [2.24, 2.45) is 0 Å². The smallest absolute Gasteiger partial charge is 0.134 e. The summed E-state index contributed by atoms with van der Waals surface area (Å²) in [5.41, 5.74) is 0.940. The molecule has 2 N–H and O–H groups in total. The van der Waals surface area contributed by atoms with E-state index in [9.17, 15) is 5.11 Å². The second kappa shape index (κ2) is 6.59. The molecule has 1 aliphatic rings. The van der Waals surface area contributed by atoms with Crippen LogP contribution in [0.3, 0.4) is 0 Å². The average molecular weight is 329 g/mol. The molecule has 1 atom stereocenters. The summed E-state index contributed by atoms with van der Waals surface area (Å²) in [6.07, 6.45) is 0.965. The summed E-state index contributed by atoms with van der Waals surface area (Å²) in [4.78, 5) is 2.41. The van der Waals surface area contributed by atoms with Crippen LogP contribution in [0.5, 0.6) is 11.5 Å². The van der Waals surface area contributed by atoms with E-state index in [1.54, 1.807) is 13.2 Å². The van der Waals surface area contributed by atoms with E-state index in [1.807, 2.05) is 6.07 Å². The highest BCUT2D eigenvalue weighted by Crippen LogP contribution is 2.39. The van der Waals surface area contributed by atoms with Gasteiger partial charge in [-0.2, -0.15) is 0 Å². The molecular formula is C14H21BrN2O2. The molecule has 0 spiro atoms. The molecule has 0 bridgehead atoms. The van der Waals surface area contributed by atoms with Gasteiger partial charge < -0.3 is 15.2 Å². The van der Waals surface area contributed by atoms with E-state index in [-0.39, 0.29) is 6.04 Å². The van der Waals surface area contributed by atoms with E-state index < -0.39 is 0 Å². The number of ether oxygens (including phenoxy) is 1. The first kappa shape index (κ1) is 14.6. The van der Waals surface area contributed by atoms with Crippen LogP contribution in [0.25, 0.3) is 0 Å². The van der Waals surface area contributed by atoms with Crippen LogP contribution in [0, 0.1) is 0 Å². The molecule has 1 aromatic rings. The van der Waals surface area contributed by atoms with E-state index in [1.165, 1.54) is 0 Å². The van der Waals surface area contributed by atoms with Crippen molar-refractivity contribution in [2.45, 2.75) is 19.4 Å². The van der Waals surface area contributed by atoms with Crippen molar-refractivity contribution in [1.82, 2.24) is 10.2 Å². The lowest BCUT2D eigenvalue weighted by Gasteiger charge is -2.35. The second-order valence-corrected chi connectivity index (χ2v) is 5.61. The predicted molar refractivity (Wildman–Crippen MR) is 79.8 cm³/mol. The van der Waals surface area contributed by atoms with E-state index in [0.717, 1.165) is 43.9 Å². The summed E-state index contributed by atoms with van der Waals surface area (Å²) in [6.45, 7) is 6.17. The van der Waals surface area contributed by atoms with Crippen LogP contribution in [0.15, 0.2) is 16.6 Å². The standard InChI is InChI=1S/C14H21BrN2O2/c1-3-13(17-6-4-16-5-7-17)11-8-10(19-2)9-12(15)14(11)18/h8-9,13,16,18H,3-7H2,1-2H3/t13-/m1/s1. The fourth-order valence-corrected chi connectivity index (χ4v) is 3.09. The van der Waals surface area contributed by atoms with Gasteiger partial charge in [0.1, 0.15) is 11.5 Å². The first-order chi connectivity index (χ1) is 9.17. The maximum Gasteiger partial charge on any atom is 0.134 e. The summed E-state index contributed by atoms with van der Waals surface area (Å²) in [5, 5.41) is 13.7. The lowest BCUT2D eigenvalue weighted by molar-refractivity contribution is 0.166. The van der Waals surface area contributed by atoms with Crippen LogP contribution in [0.4, 0.5) is 0 Å². The number of aromatic hydroxyl groups is 1. The molecular weight excluding hydrogens is 308 g/mol. The SMILES string of the molecule is CC[C@H](c1cc(OC)cc(Br)c1O)N1CCNCC1. The number of hydrogen-bond acceptors (Lipinski definition) is 4. The number of phenolic OH excluding ortho intramolecular Hbond substituents is 1. The van der Waals surface area contributed by atoms with Crippen LogP contribution >= 0.6 is 15.9 Å². The molecule has 5 heteroatoms. The minimum Gasteiger partial charge on any atom is -0.506 e. The Balaban J connectivity index is 2.33. The molecule has 0 aliphatic carbocycles. The third kappa shape index (κ3) is 3.22. The Morgan fingerprint density at radius 3 is 2.68 bits per heavy atom. The summed E-state index contributed by atoms with van der Waals surface area (Å²) in [6, 6.07) is 3.97. The van der Waals surface area contributed by atoms with Crippen molar-refractivity contribution in [3.63, 3.8) is 0 Å². The quantitative estimate of drug-likeness (QED) is 0.891. The van der Waals surface area contributed by atoms with Crippen molar-refractivity contribution in [1.29, 1.82) is 0 Å². The van der Waals surface area contributed by atoms with Gasteiger partial charge in [0.05, 0.1) is 11.6 Å². The Labute approximate surface area is 122 Å². The van der Waals surface area contributed by atoms with Crippen molar-refractivity contribution in [2.75, 3.05) is 33.3 Å². The van der Waals surface area contributed by atoms with Gasteiger partial charge in [-0.15, -0.1) is 0 Å². The highest BCUT2D eigenvalue weighted by Gasteiger charge is 2.24. The Bertz CT molecular complexity index is 434. The average Bonchev–Trinajstić information content (AvgIpc) is 2.45. The Kier molecular flexibility index (Phi) is 5.07. The van der Waals surface area contributed by atoms with Crippen LogP contribution in [0.2, 0.25) is 0 Å². The van der Waals surface area contributed by atoms with Gasteiger partial charge in [-0.3, -0.25) is 4.90 Å². The molecule has 19 heavy (non-hydrogen) atoms. The lowest BCUT2D eigenvalue weighted by Crippen LogP contribution is -2.45. The largest absolute Gasteiger partial charge is 0.506 e. The zero-order chi connectivity index (χ0) is 13.8. The molecule has 4 nitrogen and oxygen atoms in total. The molecule has 1 saturated heterocycles. The number of nitrogens with one attached hydrogen (secondary N) is 1. The van der Waals surface area contributed by atoms with Crippen LogP contribution in [0.1, 0.15) is 24.9 Å². The van der Waals surface area contributed by atoms with Gasteiger partial charge in [0.15, 0.2) is 0 Å². The molecule has 1 aliphatic heterocycles. The summed E-state index contributed by atoms with van der Waals surface area (Å²) < 4.78 is 5.99. The number of piperazine rings is 1. The van der Waals surface area contributed by atoms with Gasteiger partial charge in [-0.25, -0.2) is 0 Å². The van der Waals surface area contributed by atoms with E-state index in [2.05, 4.69) is 33.1 Å². The number of phenols is 1. The molecule has 1 heterocycles. The minimum atomic E-state index is 0.230. The topological polar surface area (TPSA) is 44.7 Å². The van der Waals surface area contributed by atoms with Crippen molar-refractivity contribution in [3.8, 4) is 11.5 Å². The van der Waals surface area contributed by atoms with Crippen LogP contribution in [-0.2, 0) is 0 Å². The Morgan fingerprint density at radius 2 is 2.11 bits per heavy atom. The number of nitrogens with zero attached hydrogens (tertiary/aromatic N) is 1. The molecule has 1 fully saturated rings. The Hall–Kier alpha value is -0.780. The molecule has 0 saturated carbocycles. The van der Waals surface area contributed by atoms with Gasteiger partial charge >= 0.3 is 0 Å². The number of rotatable bonds is 4.